The van der Waals surface area contributed by atoms with E-state index in [0.29, 0.717) is 30.2 Å². The number of methoxy groups -OCH3 is 3. The third-order valence-corrected chi connectivity index (χ3v) is 4.74. The average molecular weight is 370 g/mol. The third-order valence-electron chi connectivity index (χ3n) is 4.74. The Bertz CT molecular complexity index is 782. The number of aryl methyl sites for hydroxylation is 1. The van der Waals surface area contributed by atoms with E-state index in [1.807, 2.05) is 35.2 Å². The van der Waals surface area contributed by atoms with Crippen LogP contribution in [0.5, 0.6) is 17.2 Å². The zero-order chi connectivity index (χ0) is 19.2. The Morgan fingerprint density at radius 3 is 2.44 bits per heavy atom. The molecule has 2 aromatic rings. The molecule has 0 aliphatic carbocycles. The molecule has 1 aliphatic rings. The topological polar surface area (TPSA) is 60.0 Å². The van der Waals surface area contributed by atoms with Crippen LogP contribution in [0.25, 0.3) is 0 Å². The molecule has 1 N–H and O–H groups in total. The standard InChI is InChI=1S/C21H26N2O4/c1-25-18-13-16(14-19(26-2)21(18)27-3)22-11-10-20(24)23-12-6-8-15-7-4-5-9-17(15)23/h4-5,7,9,13-14,22H,6,8,10-12H2,1-3H3. The van der Waals surface area contributed by atoms with Gasteiger partial charge in [-0.15, -0.1) is 0 Å². The number of carbonyl (C=O) groups excluding carboxylic acids is 1. The summed E-state index contributed by atoms with van der Waals surface area (Å²) in [7, 11) is 4.74. The van der Waals surface area contributed by atoms with E-state index >= 15 is 0 Å². The summed E-state index contributed by atoms with van der Waals surface area (Å²) < 4.78 is 16.1. The largest absolute Gasteiger partial charge is 0.493 e. The van der Waals surface area contributed by atoms with Gasteiger partial charge in [-0.1, -0.05) is 18.2 Å². The summed E-state index contributed by atoms with van der Waals surface area (Å²) in [5.41, 5.74) is 3.10. The minimum atomic E-state index is 0.127. The first-order valence-corrected chi connectivity index (χ1v) is 9.10. The van der Waals surface area contributed by atoms with Crippen molar-refractivity contribution < 1.29 is 19.0 Å². The molecule has 1 aliphatic heterocycles. The molecular formula is C21H26N2O4. The van der Waals surface area contributed by atoms with Crippen LogP contribution in [-0.4, -0.2) is 40.3 Å². The van der Waals surface area contributed by atoms with E-state index in [-0.39, 0.29) is 5.91 Å². The van der Waals surface area contributed by atoms with Gasteiger partial charge in [0.05, 0.1) is 21.3 Å². The Morgan fingerprint density at radius 2 is 1.78 bits per heavy atom. The van der Waals surface area contributed by atoms with Gasteiger partial charge in [0.2, 0.25) is 11.7 Å². The molecule has 6 nitrogen and oxygen atoms in total. The highest BCUT2D eigenvalue weighted by Crippen LogP contribution is 2.39. The predicted molar refractivity (Wildman–Crippen MR) is 106 cm³/mol. The number of nitrogens with zero attached hydrogens (tertiary/aromatic N) is 1. The molecular weight excluding hydrogens is 344 g/mol. The van der Waals surface area contributed by atoms with Crippen molar-refractivity contribution in [2.45, 2.75) is 19.3 Å². The van der Waals surface area contributed by atoms with E-state index in [0.717, 1.165) is 30.8 Å². The number of nitrogens with one attached hydrogen (secondary N) is 1. The van der Waals surface area contributed by atoms with Gasteiger partial charge in [0.1, 0.15) is 0 Å². The number of carbonyl (C=O) groups is 1. The highest BCUT2D eigenvalue weighted by Gasteiger charge is 2.21. The summed E-state index contributed by atoms with van der Waals surface area (Å²) >= 11 is 0. The van der Waals surface area contributed by atoms with E-state index in [1.54, 1.807) is 21.3 Å². The monoisotopic (exact) mass is 370 g/mol. The fourth-order valence-electron chi connectivity index (χ4n) is 3.42. The quantitative estimate of drug-likeness (QED) is 0.808. The molecule has 2 aromatic carbocycles. The van der Waals surface area contributed by atoms with E-state index in [1.165, 1.54) is 5.56 Å². The second-order valence-electron chi connectivity index (χ2n) is 6.37. The number of hydrogen-bond donors (Lipinski definition) is 1. The van der Waals surface area contributed by atoms with Crippen LogP contribution >= 0.6 is 0 Å². The number of ether oxygens (including phenoxy) is 3. The van der Waals surface area contributed by atoms with Crippen LogP contribution < -0.4 is 24.4 Å². The first-order chi connectivity index (χ1) is 13.2. The molecule has 27 heavy (non-hydrogen) atoms. The van der Waals surface area contributed by atoms with Crippen molar-refractivity contribution in [1.82, 2.24) is 0 Å². The summed E-state index contributed by atoms with van der Waals surface area (Å²) in [6.07, 6.45) is 2.44. The normalized spacial score (nSPS) is 12.9. The van der Waals surface area contributed by atoms with Crippen LogP contribution in [-0.2, 0) is 11.2 Å². The fraction of sp³-hybridized carbons (Fsp3) is 0.381. The van der Waals surface area contributed by atoms with Crippen LogP contribution in [0.3, 0.4) is 0 Å². The molecule has 0 atom stereocenters. The zero-order valence-electron chi connectivity index (χ0n) is 16.1. The molecule has 0 saturated carbocycles. The van der Waals surface area contributed by atoms with Gasteiger partial charge < -0.3 is 24.4 Å². The second-order valence-corrected chi connectivity index (χ2v) is 6.37. The number of hydrogen-bond acceptors (Lipinski definition) is 5. The van der Waals surface area contributed by atoms with Gasteiger partial charge in [-0.25, -0.2) is 0 Å². The van der Waals surface area contributed by atoms with Crippen molar-refractivity contribution in [3.63, 3.8) is 0 Å². The van der Waals surface area contributed by atoms with Gasteiger partial charge in [-0.05, 0) is 24.5 Å². The summed E-state index contributed by atoms with van der Waals surface area (Å²) in [4.78, 5) is 14.6. The van der Waals surface area contributed by atoms with Crippen molar-refractivity contribution in [3.8, 4) is 17.2 Å². The number of para-hydroxylation sites is 1. The molecule has 0 bridgehead atoms. The lowest BCUT2D eigenvalue weighted by Crippen LogP contribution is -2.36. The van der Waals surface area contributed by atoms with E-state index in [4.69, 9.17) is 14.2 Å². The van der Waals surface area contributed by atoms with Crippen LogP contribution in [0.1, 0.15) is 18.4 Å². The maximum absolute atomic E-state index is 12.7. The second kappa shape index (κ2) is 8.66. The van der Waals surface area contributed by atoms with Gasteiger partial charge in [-0.3, -0.25) is 4.79 Å². The van der Waals surface area contributed by atoms with E-state index in [2.05, 4.69) is 11.4 Å². The Kier molecular flexibility index (Phi) is 6.06. The molecule has 3 rings (SSSR count). The Balaban J connectivity index is 1.64. The summed E-state index contributed by atoms with van der Waals surface area (Å²) in [5, 5.41) is 3.28. The van der Waals surface area contributed by atoms with E-state index in [9.17, 15) is 4.79 Å². The number of anilines is 2. The highest BCUT2D eigenvalue weighted by molar-refractivity contribution is 5.94. The number of rotatable bonds is 7. The molecule has 6 heteroatoms. The fourth-order valence-corrected chi connectivity index (χ4v) is 3.42. The highest BCUT2D eigenvalue weighted by atomic mass is 16.5. The third kappa shape index (κ3) is 4.10. The van der Waals surface area contributed by atoms with Gasteiger partial charge in [-0.2, -0.15) is 0 Å². The summed E-state index contributed by atoms with van der Waals surface area (Å²) in [6, 6.07) is 11.8. The van der Waals surface area contributed by atoms with Crippen LogP contribution in [0, 0.1) is 0 Å². The molecule has 1 heterocycles. The van der Waals surface area contributed by atoms with Gasteiger partial charge >= 0.3 is 0 Å². The van der Waals surface area contributed by atoms with Crippen molar-refractivity contribution in [2.75, 3.05) is 44.6 Å². The minimum absolute atomic E-state index is 0.127. The van der Waals surface area contributed by atoms with Crippen LogP contribution in [0.2, 0.25) is 0 Å². The van der Waals surface area contributed by atoms with Gasteiger partial charge in [0, 0.05) is 43.0 Å². The lowest BCUT2D eigenvalue weighted by molar-refractivity contribution is -0.118. The first-order valence-electron chi connectivity index (χ1n) is 9.10. The van der Waals surface area contributed by atoms with Gasteiger partial charge in [0.25, 0.3) is 0 Å². The Labute approximate surface area is 160 Å². The van der Waals surface area contributed by atoms with E-state index < -0.39 is 0 Å². The smallest absolute Gasteiger partial charge is 0.228 e. The lowest BCUT2D eigenvalue weighted by Gasteiger charge is -2.29. The molecule has 0 fully saturated rings. The minimum Gasteiger partial charge on any atom is -0.493 e. The number of benzene rings is 2. The zero-order valence-corrected chi connectivity index (χ0v) is 16.1. The van der Waals surface area contributed by atoms with Crippen molar-refractivity contribution in [1.29, 1.82) is 0 Å². The van der Waals surface area contributed by atoms with Crippen molar-refractivity contribution >= 4 is 17.3 Å². The van der Waals surface area contributed by atoms with Crippen LogP contribution in [0.4, 0.5) is 11.4 Å². The average Bonchev–Trinajstić information content (AvgIpc) is 2.72. The molecule has 1 amide bonds. The van der Waals surface area contributed by atoms with Gasteiger partial charge in [0.15, 0.2) is 11.5 Å². The number of amides is 1. The predicted octanol–water partition coefficient (Wildman–Crippen LogP) is 3.49. The molecule has 0 radical (unpaired) electrons. The molecule has 0 unspecified atom stereocenters. The number of fused-ring (bicyclic) bond motifs is 1. The van der Waals surface area contributed by atoms with Crippen molar-refractivity contribution in [3.05, 3.63) is 42.0 Å². The summed E-state index contributed by atoms with van der Waals surface area (Å²) in [5.74, 6) is 1.83. The summed E-state index contributed by atoms with van der Waals surface area (Å²) in [6.45, 7) is 1.30. The van der Waals surface area contributed by atoms with Crippen molar-refractivity contribution in [2.24, 2.45) is 0 Å². The Hall–Kier alpha value is -2.89. The lowest BCUT2D eigenvalue weighted by atomic mass is 10.0. The maximum atomic E-state index is 12.7. The molecule has 0 aromatic heterocycles. The maximum Gasteiger partial charge on any atom is 0.228 e. The molecule has 0 saturated heterocycles. The molecule has 0 spiro atoms. The Morgan fingerprint density at radius 1 is 1.07 bits per heavy atom. The first kappa shape index (κ1) is 18.9. The van der Waals surface area contributed by atoms with Crippen LogP contribution in [0.15, 0.2) is 36.4 Å². The SMILES string of the molecule is COc1cc(NCCC(=O)N2CCCc3ccccc32)cc(OC)c1OC. The molecule has 144 valence electrons.